The van der Waals surface area contributed by atoms with Crippen molar-refractivity contribution in [1.29, 1.82) is 0 Å². The summed E-state index contributed by atoms with van der Waals surface area (Å²) in [5, 5.41) is 12.6. The number of carbonyl (C=O) groups is 5. The lowest BCUT2D eigenvalue weighted by atomic mass is 9.81. The van der Waals surface area contributed by atoms with E-state index in [1.807, 2.05) is 38.9 Å². The molecule has 0 bridgehead atoms. The minimum absolute atomic E-state index is 0.0485. The van der Waals surface area contributed by atoms with Crippen LogP contribution in [-0.4, -0.2) is 102 Å². The van der Waals surface area contributed by atoms with Crippen LogP contribution in [0.1, 0.15) is 141 Å². The second kappa shape index (κ2) is 30.7. The number of hydrogen-bond acceptors (Lipinski definition) is 9. The van der Waals surface area contributed by atoms with Crippen LogP contribution in [0.5, 0.6) is 0 Å². The highest BCUT2D eigenvalue weighted by Gasteiger charge is 2.44. The molecule has 6 N–H and O–H groups in total. The van der Waals surface area contributed by atoms with Gasteiger partial charge in [0, 0.05) is 44.8 Å². The van der Waals surface area contributed by atoms with Crippen LogP contribution in [0, 0.1) is 16.7 Å². The third-order valence-electron chi connectivity index (χ3n) is 8.68. The Hall–Kier alpha value is -2.48. The highest BCUT2D eigenvalue weighted by Crippen LogP contribution is 2.34. The van der Waals surface area contributed by atoms with Crippen LogP contribution < -0.4 is 27.0 Å². The summed E-state index contributed by atoms with van der Waals surface area (Å²) >= 11 is 4.74. The van der Waals surface area contributed by atoms with Gasteiger partial charge in [-0.2, -0.15) is 0 Å². The smallest absolute Gasteiger partial charge is 0.289 e. The zero-order chi connectivity index (χ0) is 42.7. The van der Waals surface area contributed by atoms with E-state index in [-0.39, 0.29) is 29.7 Å². The molecule has 1 aliphatic carbocycles. The summed E-state index contributed by atoms with van der Waals surface area (Å²) < 4.78 is 1.99. The van der Waals surface area contributed by atoms with Gasteiger partial charge in [-0.1, -0.05) is 128 Å². The number of thiol groups is 1. The van der Waals surface area contributed by atoms with Crippen molar-refractivity contribution in [2.45, 2.75) is 172 Å². The molecular weight excluding hydrogens is 703 g/mol. The van der Waals surface area contributed by atoms with Crippen LogP contribution in [0.2, 0.25) is 0 Å². The highest BCUT2D eigenvalue weighted by atomic mass is 32.1. The molecule has 1 aliphatic heterocycles. The van der Waals surface area contributed by atoms with Crippen molar-refractivity contribution >= 4 is 42.7 Å². The lowest BCUT2D eigenvalue weighted by Gasteiger charge is -2.42. The molecule has 1 heterocycles. The molecule has 0 spiro atoms. The van der Waals surface area contributed by atoms with Gasteiger partial charge >= 0.3 is 0 Å². The summed E-state index contributed by atoms with van der Waals surface area (Å²) in [6.45, 7) is 35.9. The number of amides is 4. The van der Waals surface area contributed by atoms with Gasteiger partial charge in [-0.3, -0.25) is 28.3 Å². The van der Waals surface area contributed by atoms with Gasteiger partial charge in [-0.25, -0.2) is 0 Å². The predicted molar refractivity (Wildman–Crippen MR) is 229 cm³/mol. The number of likely N-dealkylation sites (tertiary alicyclic amines) is 1. The molecule has 0 aromatic rings. The van der Waals surface area contributed by atoms with Crippen LogP contribution >= 0.6 is 12.8 Å². The van der Waals surface area contributed by atoms with Gasteiger partial charge in [0.25, 0.3) is 5.91 Å². The van der Waals surface area contributed by atoms with E-state index in [0.717, 1.165) is 25.9 Å². The number of Topliss-reactive ketones (excluding diaryl/α,β-unsaturated/α-hetero) is 1. The van der Waals surface area contributed by atoms with Crippen LogP contribution in [0.4, 0.5) is 0 Å². The van der Waals surface area contributed by atoms with E-state index >= 15 is 0 Å². The van der Waals surface area contributed by atoms with Gasteiger partial charge in [0.1, 0.15) is 6.04 Å². The average molecular weight is 786 g/mol. The molecule has 54 heavy (non-hydrogen) atoms. The fraction of sp³-hybridized carbons (Fsp3) is 0.829. The van der Waals surface area contributed by atoms with Crippen LogP contribution in [0.15, 0.2) is 13.2 Å². The fourth-order valence-corrected chi connectivity index (χ4v) is 5.95. The number of nitrogens with one attached hydrogen (secondary N) is 4. The highest BCUT2D eigenvalue weighted by molar-refractivity contribution is 7.77. The third-order valence-corrected chi connectivity index (χ3v) is 9.04. The summed E-state index contributed by atoms with van der Waals surface area (Å²) in [6, 6.07) is -1.77. The number of likely N-dealkylation sites (N-methyl/N-ethyl adjacent to an activating group) is 1. The van der Waals surface area contributed by atoms with E-state index in [1.54, 1.807) is 11.8 Å². The molecule has 1 saturated heterocycles. The first kappa shape index (κ1) is 55.9. The quantitative estimate of drug-likeness (QED) is 0.0449. The van der Waals surface area contributed by atoms with E-state index in [4.69, 9.17) is 17.6 Å². The minimum Gasteiger partial charge on any atom is -0.372 e. The molecule has 318 valence electrons. The van der Waals surface area contributed by atoms with Gasteiger partial charge in [0.05, 0.1) is 12.1 Å². The number of rotatable bonds is 18. The first-order valence-electron chi connectivity index (χ1n) is 20.3. The molecule has 0 radical (unpaired) electrons. The summed E-state index contributed by atoms with van der Waals surface area (Å²) in [5.41, 5.74) is 3.58. The number of nitrogens with zero attached hydrogens (tertiary/aromatic N) is 2. The number of primary amides is 1. The Balaban J connectivity index is -0.00000235. The Morgan fingerprint density at radius 3 is 1.96 bits per heavy atom. The second-order valence-electron chi connectivity index (χ2n) is 16.1. The lowest BCUT2D eigenvalue weighted by molar-refractivity contribution is -0.144. The standard InChI is InChI=1S/C33H62N6O4S.C3H8.C2H6.C2H4.CH3NO/c1-10-34-30(42)27(40)24(14-11-13-23-16-17-23)36-29(41)25-15-12-19-39(25)31(43)28(33(7,8)9)37-26(32(4,5)6)21-38(44)20-18-35-22(2)3;1-3-2;2*1-2;2-1-3/h22-26,28,35,37,44H,10-21H2,1-9H3,(H,34,42)(H,36,41);3H2,1-2H3;1-2H3;1-2H2;1H,(H2,2,3). The number of ketones is 1. The first-order valence-corrected chi connectivity index (χ1v) is 20.7. The van der Waals surface area contributed by atoms with Crippen molar-refractivity contribution in [2.75, 3.05) is 32.7 Å². The van der Waals surface area contributed by atoms with Crippen molar-refractivity contribution in [3.63, 3.8) is 0 Å². The molecule has 4 amide bonds. The minimum atomic E-state index is -0.890. The van der Waals surface area contributed by atoms with E-state index in [9.17, 15) is 19.2 Å². The van der Waals surface area contributed by atoms with Gasteiger partial charge in [0.2, 0.25) is 24.0 Å². The molecule has 13 heteroatoms. The van der Waals surface area contributed by atoms with E-state index in [2.05, 4.69) is 88.6 Å². The van der Waals surface area contributed by atoms with E-state index < -0.39 is 35.2 Å². The molecule has 2 aliphatic rings. The van der Waals surface area contributed by atoms with Crippen molar-refractivity contribution in [1.82, 2.24) is 30.5 Å². The molecule has 12 nitrogen and oxygen atoms in total. The molecule has 4 atom stereocenters. The maximum absolute atomic E-state index is 14.3. The Bertz CT molecular complexity index is 1040. The summed E-state index contributed by atoms with van der Waals surface area (Å²) in [6.07, 6.45) is 7.33. The summed E-state index contributed by atoms with van der Waals surface area (Å²) in [4.78, 5) is 63.6. The maximum Gasteiger partial charge on any atom is 0.289 e. The number of hydrogen-bond donors (Lipinski definition) is 6. The van der Waals surface area contributed by atoms with Gasteiger partial charge < -0.3 is 31.9 Å². The van der Waals surface area contributed by atoms with Crippen molar-refractivity contribution in [3.05, 3.63) is 13.2 Å². The predicted octanol–water partition coefficient (Wildman–Crippen LogP) is 5.66. The Morgan fingerprint density at radius 2 is 1.52 bits per heavy atom. The zero-order valence-corrected chi connectivity index (χ0v) is 37.5. The van der Waals surface area contributed by atoms with Gasteiger partial charge in [-0.05, 0) is 42.9 Å². The van der Waals surface area contributed by atoms with Crippen LogP contribution in [0.3, 0.4) is 0 Å². The fourth-order valence-electron chi connectivity index (χ4n) is 5.68. The first-order chi connectivity index (χ1) is 25.3. The SMILES string of the molecule is C=C.CC.CCC.CCNC(=O)C(=O)C(CCCC1CC1)NC(=O)C1CCCN1C(=O)C(NC(CN(S)CCNC(C)C)C(C)(C)C)C(C)(C)C.NC=O. The van der Waals surface area contributed by atoms with Gasteiger partial charge in [-0.15, -0.1) is 13.2 Å². The Labute approximate surface area is 336 Å². The maximum atomic E-state index is 14.3. The Morgan fingerprint density at radius 1 is 0.981 bits per heavy atom. The third kappa shape index (κ3) is 24.1. The second-order valence-corrected chi connectivity index (χ2v) is 16.7. The summed E-state index contributed by atoms with van der Waals surface area (Å²) in [5.74, 6) is -1.07. The van der Waals surface area contributed by atoms with Crippen molar-refractivity contribution in [3.8, 4) is 0 Å². The van der Waals surface area contributed by atoms with Crippen molar-refractivity contribution < 1.29 is 24.0 Å². The van der Waals surface area contributed by atoms with Crippen molar-refractivity contribution in [2.24, 2.45) is 22.5 Å². The zero-order valence-electron chi connectivity index (χ0n) is 36.6. The Kier molecular flexibility index (Phi) is 31.8. The molecule has 2 rings (SSSR count). The molecule has 0 aromatic carbocycles. The largest absolute Gasteiger partial charge is 0.372 e. The molecular formula is C41H83N7O5S. The summed E-state index contributed by atoms with van der Waals surface area (Å²) in [7, 11) is 0. The molecule has 2 fully saturated rings. The number of nitrogens with two attached hydrogens (primary N) is 1. The van der Waals surface area contributed by atoms with Crippen LogP contribution in [0.25, 0.3) is 0 Å². The lowest BCUT2D eigenvalue weighted by Crippen LogP contribution is -2.62. The molecule has 1 saturated carbocycles. The molecule has 4 unspecified atom stereocenters. The monoisotopic (exact) mass is 786 g/mol. The average Bonchev–Trinajstić information content (AvgIpc) is 3.78. The van der Waals surface area contributed by atoms with E-state index in [1.165, 1.54) is 19.3 Å². The normalized spacial score (nSPS) is 16.7. The topological polar surface area (TPSA) is 166 Å². The number of carbonyl (C=O) groups excluding carboxylic acids is 5. The van der Waals surface area contributed by atoms with Crippen LogP contribution in [-0.2, 0) is 24.0 Å². The van der Waals surface area contributed by atoms with Gasteiger partial charge in [0.15, 0.2) is 0 Å². The van der Waals surface area contributed by atoms with E-state index in [0.29, 0.717) is 50.9 Å². The molecule has 0 aromatic heterocycles.